The Bertz CT molecular complexity index is 419. The van der Waals surface area contributed by atoms with E-state index in [2.05, 4.69) is 36.5 Å². The van der Waals surface area contributed by atoms with Crippen molar-refractivity contribution in [1.29, 1.82) is 0 Å². The molecule has 1 saturated heterocycles. The molecule has 0 unspecified atom stereocenters. The molecule has 0 aromatic heterocycles. The third kappa shape index (κ3) is 4.34. The predicted molar refractivity (Wildman–Crippen MR) is 82.7 cm³/mol. The van der Waals surface area contributed by atoms with Crippen LogP contribution in [0.15, 0.2) is 24.3 Å². The third-order valence-corrected chi connectivity index (χ3v) is 4.21. The molecule has 2 rings (SSSR count). The van der Waals surface area contributed by atoms with Crippen molar-refractivity contribution in [3.05, 3.63) is 35.4 Å². The first-order valence-electron chi connectivity index (χ1n) is 7.67. The summed E-state index contributed by atoms with van der Waals surface area (Å²) in [4.78, 5) is 14.3. The molecule has 1 aliphatic rings. The second kappa shape index (κ2) is 7.44. The second-order valence-corrected chi connectivity index (χ2v) is 5.87. The number of carbonyl (C=O) groups excluding carboxylic acids is 1. The van der Waals surface area contributed by atoms with E-state index >= 15 is 0 Å². The molecule has 0 atom stereocenters. The molecule has 0 saturated carbocycles. The average Bonchev–Trinajstić information content (AvgIpc) is 2.47. The van der Waals surface area contributed by atoms with Gasteiger partial charge in [-0.1, -0.05) is 29.8 Å². The minimum Gasteiger partial charge on any atom is -0.343 e. The summed E-state index contributed by atoms with van der Waals surface area (Å²) in [7, 11) is 2.00. The molecule has 0 bridgehead atoms. The van der Waals surface area contributed by atoms with Gasteiger partial charge < -0.3 is 10.2 Å². The van der Waals surface area contributed by atoms with Crippen LogP contribution in [0.4, 0.5) is 0 Å². The van der Waals surface area contributed by atoms with Crippen molar-refractivity contribution in [3.63, 3.8) is 0 Å². The average molecular weight is 274 g/mol. The van der Waals surface area contributed by atoms with Crippen molar-refractivity contribution >= 4 is 5.91 Å². The molecular formula is C17H26N2O. The third-order valence-electron chi connectivity index (χ3n) is 4.21. The van der Waals surface area contributed by atoms with Gasteiger partial charge in [-0.15, -0.1) is 0 Å². The van der Waals surface area contributed by atoms with Crippen LogP contribution in [0.1, 0.15) is 30.4 Å². The van der Waals surface area contributed by atoms with E-state index in [0.717, 1.165) is 44.8 Å². The zero-order valence-electron chi connectivity index (χ0n) is 12.7. The molecule has 1 heterocycles. The highest BCUT2D eigenvalue weighted by molar-refractivity contribution is 5.76. The minimum absolute atomic E-state index is 0.313. The molecule has 1 fully saturated rings. The first-order valence-corrected chi connectivity index (χ1v) is 7.67. The molecule has 1 N–H and O–H groups in total. The Kier molecular flexibility index (Phi) is 5.60. The SMILES string of the molecule is CNCC1CCN(C(=O)CCc2ccc(C)cc2)CC1. The Morgan fingerprint density at radius 3 is 2.50 bits per heavy atom. The Labute approximate surface area is 122 Å². The summed E-state index contributed by atoms with van der Waals surface area (Å²) in [6.45, 7) is 5.02. The number of hydrogen-bond acceptors (Lipinski definition) is 2. The van der Waals surface area contributed by atoms with Gasteiger partial charge in [0.05, 0.1) is 0 Å². The Morgan fingerprint density at radius 1 is 1.25 bits per heavy atom. The van der Waals surface area contributed by atoms with E-state index < -0.39 is 0 Å². The number of piperidine rings is 1. The van der Waals surface area contributed by atoms with Crippen LogP contribution in [0, 0.1) is 12.8 Å². The lowest BCUT2D eigenvalue weighted by Crippen LogP contribution is -2.40. The zero-order valence-corrected chi connectivity index (χ0v) is 12.7. The summed E-state index contributed by atoms with van der Waals surface area (Å²) in [5.41, 5.74) is 2.53. The van der Waals surface area contributed by atoms with Gasteiger partial charge in [0.15, 0.2) is 0 Å². The van der Waals surface area contributed by atoms with E-state index in [-0.39, 0.29) is 0 Å². The highest BCUT2D eigenvalue weighted by Gasteiger charge is 2.21. The van der Waals surface area contributed by atoms with Gasteiger partial charge in [0.2, 0.25) is 5.91 Å². The molecule has 0 aliphatic carbocycles. The number of amides is 1. The first-order chi connectivity index (χ1) is 9.69. The maximum atomic E-state index is 12.2. The smallest absolute Gasteiger partial charge is 0.222 e. The fourth-order valence-electron chi connectivity index (χ4n) is 2.84. The normalized spacial score (nSPS) is 16.4. The standard InChI is InChI=1S/C17H26N2O/c1-14-3-5-15(6-4-14)7-8-17(20)19-11-9-16(10-12-19)13-18-2/h3-6,16,18H,7-13H2,1-2H3. The maximum absolute atomic E-state index is 12.2. The van der Waals surface area contributed by atoms with Gasteiger partial charge in [0.25, 0.3) is 0 Å². The number of aryl methyl sites for hydroxylation is 2. The topological polar surface area (TPSA) is 32.3 Å². The van der Waals surface area contributed by atoms with Crippen molar-refractivity contribution < 1.29 is 4.79 Å². The van der Waals surface area contributed by atoms with E-state index in [1.807, 2.05) is 11.9 Å². The molecule has 110 valence electrons. The molecule has 0 radical (unpaired) electrons. The molecule has 1 aromatic rings. The number of hydrogen-bond donors (Lipinski definition) is 1. The summed E-state index contributed by atoms with van der Waals surface area (Å²) < 4.78 is 0. The van der Waals surface area contributed by atoms with E-state index in [1.165, 1.54) is 11.1 Å². The van der Waals surface area contributed by atoms with E-state index in [9.17, 15) is 4.79 Å². The number of rotatable bonds is 5. The fraction of sp³-hybridized carbons (Fsp3) is 0.588. The molecule has 20 heavy (non-hydrogen) atoms. The molecule has 0 spiro atoms. The quantitative estimate of drug-likeness (QED) is 0.894. The highest BCUT2D eigenvalue weighted by atomic mass is 16.2. The Balaban J connectivity index is 1.74. The van der Waals surface area contributed by atoms with Gasteiger partial charge in [-0.3, -0.25) is 4.79 Å². The first kappa shape index (κ1) is 15.0. The molecule has 3 heteroatoms. The van der Waals surface area contributed by atoms with E-state index in [1.54, 1.807) is 0 Å². The summed E-state index contributed by atoms with van der Waals surface area (Å²) in [5, 5.41) is 3.23. The van der Waals surface area contributed by atoms with Crippen molar-refractivity contribution in [1.82, 2.24) is 10.2 Å². The van der Waals surface area contributed by atoms with Gasteiger partial charge >= 0.3 is 0 Å². The lowest BCUT2D eigenvalue weighted by molar-refractivity contribution is -0.132. The summed E-state index contributed by atoms with van der Waals surface area (Å²) in [6.07, 6.45) is 3.77. The fourth-order valence-corrected chi connectivity index (χ4v) is 2.84. The minimum atomic E-state index is 0.313. The Hall–Kier alpha value is -1.35. The molecule has 3 nitrogen and oxygen atoms in total. The van der Waals surface area contributed by atoms with Crippen molar-refractivity contribution in [3.8, 4) is 0 Å². The van der Waals surface area contributed by atoms with Gasteiger partial charge in [0, 0.05) is 19.5 Å². The van der Waals surface area contributed by atoms with Crippen LogP contribution in [-0.2, 0) is 11.2 Å². The van der Waals surface area contributed by atoms with E-state index in [4.69, 9.17) is 0 Å². The molecule has 1 aliphatic heterocycles. The van der Waals surface area contributed by atoms with E-state index in [0.29, 0.717) is 12.3 Å². The van der Waals surface area contributed by atoms with Crippen LogP contribution in [0.25, 0.3) is 0 Å². The van der Waals surface area contributed by atoms with Crippen LogP contribution in [-0.4, -0.2) is 37.5 Å². The van der Waals surface area contributed by atoms with Crippen LogP contribution in [0.2, 0.25) is 0 Å². The summed E-state index contributed by atoms with van der Waals surface area (Å²) >= 11 is 0. The number of benzene rings is 1. The van der Waals surface area contributed by atoms with Crippen LogP contribution in [0.5, 0.6) is 0 Å². The summed E-state index contributed by atoms with van der Waals surface area (Å²) in [6, 6.07) is 8.48. The van der Waals surface area contributed by atoms with Gasteiger partial charge in [-0.05, 0) is 51.3 Å². The van der Waals surface area contributed by atoms with Crippen molar-refractivity contribution in [2.75, 3.05) is 26.7 Å². The monoisotopic (exact) mass is 274 g/mol. The van der Waals surface area contributed by atoms with Crippen molar-refractivity contribution in [2.45, 2.75) is 32.6 Å². The van der Waals surface area contributed by atoms with Crippen LogP contribution in [0.3, 0.4) is 0 Å². The summed E-state index contributed by atoms with van der Waals surface area (Å²) in [5.74, 6) is 1.05. The van der Waals surface area contributed by atoms with Crippen molar-refractivity contribution in [2.24, 2.45) is 5.92 Å². The number of carbonyl (C=O) groups is 1. The number of nitrogens with zero attached hydrogens (tertiary/aromatic N) is 1. The van der Waals surface area contributed by atoms with Gasteiger partial charge in [-0.25, -0.2) is 0 Å². The highest BCUT2D eigenvalue weighted by Crippen LogP contribution is 2.17. The number of nitrogens with one attached hydrogen (secondary N) is 1. The molecule has 1 aromatic carbocycles. The zero-order chi connectivity index (χ0) is 14.4. The Morgan fingerprint density at radius 2 is 1.90 bits per heavy atom. The predicted octanol–water partition coefficient (Wildman–Crippen LogP) is 2.39. The van der Waals surface area contributed by atoms with Crippen LogP contribution < -0.4 is 5.32 Å². The molecular weight excluding hydrogens is 248 g/mol. The lowest BCUT2D eigenvalue weighted by Gasteiger charge is -2.32. The van der Waals surface area contributed by atoms with Gasteiger partial charge in [0.1, 0.15) is 0 Å². The van der Waals surface area contributed by atoms with Gasteiger partial charge in [-0.2, -0.15) is 0 Å². The second-order valence-electron chi connectivity index (χ2n) is 5.87. The lowest BCUT2D eigenvalue weighted by atomic mass is 9.96. The number of likely N-dealkylation sites (tertiary alicyclic amines) is 1. The van der Waals surface area contributed by atoms with Crippen LogP contribution >= 0.6 is 0 Å². The molecule has 1 amide bonds. The maximum Gasteiger partial charge on any atom is 0.222 e. The largest absolute Gasteiger partial charge is 0.343 e.